The lowest BCUT2D eigenvalue weighted by Gasteiger charge is -2.29. The summed E-state index contributed by atoms with van der Waals surface area (Å²) in [6, 6.07) is 6.22. The summed E-state index contributed by atoms with van der Waals surface area (Å²) in [5.41, 5.74) is 0.707. The van der Waals surface area contributed by atoms with Crippen LogP contribution >= 0.6 is 23.1 Å². The SMILES string of the molecule is Cn1cc(Sc2sc(CC(NC(=O)O)C(C)(C)C)nc2-c2ccccc2F)cn1. The quantitative estimate of drug-likeness (QED) is 0.567. The van der Waals surface area contributed by atoms with Crippen LogP contribution in [0.4, 0.5) is 9.18 Å². The molecule has 0 spiro atoms. The molecule has 1 atom stereocenters. The predicted octanol–water partition coefficient (Wildman–Crippen LogP) is 5.06. The van der Waals surface area contributed by atoms with Crippen molar-refractivity contribution in [2.75, 3.05) is 0 Å². The van der Waals surface area contributed by atoms with Crippen molar-refractivity contribution < 1.29 is 14.3 Å². The Kier molecular flexibility index (Phi) is 6.28. The minimum Gasteiger partial charge on any atom is -0.465 e. The number of rotatable bonds is 6. The number of carboxylic acid groups (broad SMARTS) is 1. The highest BCUT2D eigenvalue weighted by molar-refractivity contribution is 8.01. The first-order valence-electron chi connectivity index (χ1n) is 9.04. The maximum absolute atomic E-state index is 14.5. The normalized spacial score (nSPS) is 12.7. The second-order valence-corrected chi connectivity index (χ2v) is 10.2. The maximum atomic E-state index is 14.5. The largest absolute Gasteiger partial charge is 0.465 e. The van der Waals surface area contributed by atoms with Crippen LogP contribution < -0.4 is 5.32 Å². The first kappa shape index (κ1) is 21.3. The van der Waals surface area contributed by atoms with E-state index >= 15 is 0 Å². The lowest BCUT2D eigenvalue weighted by atomic mass is 9.85. The number of thiazole rings is 1. The molecule has 0 bridgehead atoms. The van der Waals surface area contributed by atoms with Gasteiger partial charge in [-0.05, 0) is 17.5 Å². The van der Waals surface area contributed by atoms with Gasteiger partial charge < -0.3 is 10.4 Å². The third-order valence-electron chi connectivity index (χ3n) is 4.38. The molecule has 154 valence electrons. The van der Waals surface area contributed by atoms with Gasteiger partial charge in [-0.25, -0.2) is 14.2 Å². The monoisotopic (exact) mass is 434 g/mol. The summed E-state index contributed by atoms with van der Waals surface area (Å²) in [4.78, 5) is 16.9. The zero-order chi connectivity index (χ0) is 21.2. The number of hydrogen-bond donors (Lipinski definition) is 2. The van der Waals surface area contributed by atoms with E-state index in [1.807, 2.05) is 34.0 Å². The summed E-state index contributed by atoms with van der Waals surface area (Å²) in [7, 11) is 1.84. The molecule has 0 radical (unpaired) electrons. The molecule has 1 unspecified atom stereocenters. The summed E-state index contributed by atoms with van der Waals surface area (Å²) >= 11 is 2.93. The minimum atomic E-state index is -1.07. The number of aromatic nitrogens is 3. The van der Waals surface area contributed by atoms with Crippen LogP contribution in [0.15, 0.2) is 45.8 Å². The molecule has 0 fully saturated rings. The number of nitrogens with zero attached hydrogens (tertiary/aromatic N) is 3. The molecule has 1 aromatic carbocycles. The summed E-state index contributed by atoms with van der Waals surface area (Å²) in [6.07, 6.45) is 2.99. The van der Waals surface area contributed by atoms with E-state index in [1.165, 1.54) is 29.2 Å². The van der Waals surface area contributed by atoms with Crippen molar-refractivity contribution in [3.8, 4) is 11.3 Å². The average molecular weight is 435 g/mol. The van der Waals surface area contributed by atoms with Crippen LogP contribution in [0.3, 0.4) is 0 Å². The summed E-state index contributed by atoms with van der Waals surface area (Å²) in [5, 5.41) is 16.7. The second kappa shape index (κ2) is 8.54. The van der Waals surface area contributed by atoms with Crippen LogP contribution in [0.1, 0.15) is 25.8 Å². The van der Waals surface area contributed by atoms with Gasteiger partial charge in [0.2, 0.25) is 0 Å². The highest BCUT2D eigenvalue weighted by atomic mass is 32.2. The van der Waals surface area contributed by atoms with E-state index in [-0.39, 0.29) is 17.3 Å². The first-order chi connectivity index (χ1) is 13.6. The fraction of sp³-hybridized carbons (Fsp3) is 0.350. The van der Waals surface area contributed by atoms with Crippen LogP contribution in [0.5, 0.6) is 0 Å². The van der Waals surface area contributed by atoms with Gasteiger partial charge in [0.25, 0.3) is 0 Å². The number of carbonyl (C=O) groups is 1. The molecule has 2 N–H and O–H groups in total. The van der Waals surface area contributed by atoms with E-state index < -0.39 is 6.09 Å². The van der Waals surface area contributed by atoms with Gasteiger partial charge in [0.05, 0.1) is 26.0 Å². The highest BCUT2D eigenvalue weighted by Gasteiger charge is 2.28. The van der Waals surface area contributed by atoms with Gasteiger partial charge in [0.1, 0.15) is 5.82 Å². The van der Waals surface area contributed by atoms with E-state index in [1.54, 1.807) is 29.1 Å². The molecule has 0 saturated carbocycles. The van der Waals surface area contributed by atoms with Crippen molar-refractivity contribution in [1.29, 1.82) is 0 Å². The number of amides is 1. The van der Waals surface area contributed by atoms with Crippen LogP contribution in [-0.2, 0) is 13.5 Å². The maximum Gasteiger partial charge on any atom is 0.404 e. The molecule has 0 saturated heterocycles. The molecular formula is C20H23FN4O2S2. The molecule has 0 aliphatic rings. The molecule has 6 nitrogen and oxygen atoms in total. The van der Waals surface area contributed by atoms with Crippen LogP contribution in [0.25, 0.3) is 11.3 Å². The van der Waals surface area contributed by atoms with E-state index in [2.05, 4.69) is 10.4 Å². The third kappa shape index (κ3) is 5.36. The van der Waals surface area contributed by atoms with Crippen molar-refractivity contribution in [1.82, 2.24) is 20.1 Å². The fourth-order valence-corrected chi connectivity index (χ4v) is 5.15. The van der Waals surface area contributed by atoms with Crippen LogP contribution in [0.2, 0.25) is 0 Å². The molecule has 0 aliphatic heterocycles. The lowest BCUT2D eigenvalue weighted by Crippen LogP contribution is -2.44. The van der Waals surface area contributed by atoms with Gasteiger partial charge in [0.15, 0.2) is 0 Å². The molecule has 3 rings (SSSR count). The first-order valence-corrected chi connectivity index (χ1v) is 10.7. The zero-order valence-corrected chi connectivity index (χ0v) is 18.3. The Hall–Kier alpha value is -2.39. The summed E-state index contributed by atoms with van der Waals surface area (Å²) < 4.78 is 17.0. The van der Waals surface area contributed by atoms with E-state index in [9.17, 15) is 14.3 Å². The third-order valence-corrected chi connectivity index (χ3v) is 6.58. The highest BCUT2D eigenvalue weighted by Crippen LogP contribution is 2.41. The van der Waals surface area contributed by atoms with Gasteiger partial charge in [-0.2, -0.15) is 5.10 Å². The molecule has 29 heavy (non-hydrogen) atoms. The topological polar surface area (TPSA) is 80.0 Å². The standard InChI is InChI=1S/C20H23FN4O2S2/c1-20(2,3)15(23-19(26)27)9-16-24-17(13-7-5-6-8-14(13)21)18(29-16)28-12-10-22-25(4)11-12/h5-8,10-11,15,23H,9H2,1-4H3,(H,26,27). The number of nitrogens with one attached hydrogen (secondary N) is 1. The second-order valence-electron chi connectivity index (χ2n) is 7.75. The van der Waals surface area contributed by atoms with Crippen molar-refractivity contribution in [3.63, 3.8) is 0 Å². The van der Waals surface area contributed by atoms with Gasteiger partial charge in [-0.1, -0.05) is 44.7 Å². The Balaban J connectivity index is 1.99. The van der Waals surface area contributed by atoms with Crippen LogP contribution in [0, 0.1) is 11.2 Å². The molecule has 2 heterocycles. The van der Waals surface area contributed by atoms with Crippen molar-refractivity contribution in [2.45, 2.75) is 42.3 Å². The van der Waals surface area contributed by atoms with Crippen molar-refractivity contribution >= 4 is 29.2 Å². The molecular weight excluding hydrogens is 411 g/mol. The molecule has 1 amide bonds. The lowest BCUT2D eigenvalue weighted by molar-refractivity contribution is 0.174. The molecule has 2 aromatic heterocycles. The number of halogens is 1. The van der Waals surface area contributed by atoms with Crippen molar-refractivity contribution in [3.05, 3.63) is 47.5 Å². The predicted molar refractivity (Wildman–Crippen MR) is 113 cm³/mol. The smallest absolute Gasteiger partial charge is 0.404 e. The Labute approximate surface area is 177 Å². The Morgan fingerprint density at radius 3 is 2.69 bits per heavy atom. The number of benzene rings is 1. The Morgan fingerprint density at radius 1 is 1.38 bits per heavy atom. The fourth-order valence-electron chi connectivity index (χ4n) is 2.78. The number of aryl methyl sites for hydroxylation is 1. The van der Waals surface area contributed by atoms with E-state index in [0.717, 1.165) is 14.1 Å². The molecule has 3 aromatic rings. The van der Waals surface area contributed by atoms with Crippen molar-refractivity contribution in [2.24, 2.45) is 12.5 Å². The van der Waals surface area contributed by atoms with E-state index in [4.69, 9.17) is 4.98 Å². The van der Waals surface area contributed by atoms with Gasteiger partial charge in [-0.15, -0.1) is 11.3 Å². The Morgan fingerprint density at radius 2 is 2.10 bits per heavy atom. The minimum absolute atomic E-state index is 0.293. The summed E-state index contributed by atoms with van der Waals surface area (Å²) in [6.45, 7) is 5.93. The molecule has 0 aliphatic carbocycles. The zero-order valence-electron chi connectivity index (χ0n) is 16.6. The van der Waals surface area contributed by atoms with Gasteiger partial charge in [-0.3, -0.25) is 4.68 Å². The number of hydrogen-bond acceptors (Lipinski definition) is 5. The average Bonchev–Trinajstić information content (AvgIpc) is 3.20. The van der Waals surface area contributed by atoms with Crippen LogP contribution in [-0.4, -0.2) is 32.0 Å². The molecule has 9 heteroatoms. The van der Waals surface area contributed by atoms with Gasteiger partial charge >= 0.3 is 6.09 Å². The Bertz CT molecular complexity index is 1010. The van der Waals surface area contributed by atoms with E-state index in [0.29, 0.717) is 17.7 Å². The van der Waals surface area contributed by atoms with Gasteiger partial charge in [0, 0.05) is 31.3 Å². The summed E-state index contributed by atoms with van der Waals surface area (Å²) in [5.74, 6) is -0.339.